The van der Waals surface area contributed by atoms with Crippen molar-refractivity contribution in [1.29, 1.82) is 0 Å². The highest BCUT2D eigenvalue weighted by Crippen LogP contribution is 2.17. The van der Waals surface area contributed by atoms with Gasteiger partial charge >= 0.3 is 0 Å². The van der Waals surface area contributed by atoms with Crippen molar-refractivity contribution in [3.63, 3.8) is 0 Å². The Labute approximate surface area is 82.8 Å². The quantitative estimate of drug-likeness (QED) is 0.698. The lowest BCUT2D eigenvalue weighted by Gasteiger charge is -2.15. The molecule has 14 heavy (non-hydrogen) atoms. The first-order chi connectivity index (χ1) is 6.79. The molecule has 1 aromatic rings. The van der Waals surface area contributed by atoms with Crippen molar-refractivity contribution in [2.24, 2.45) is 0 Å². The van der Waals surface area contributed by atoms with Crippen molar-refractivity contribution in [2.75, 3.05) is 30.4 Å². The SMILES string of the molecule is CNc1ccc(N2CC[C@H](O)C2)nn1. The Morgan fingerprint density at radius 1 is 1.50 bits per heavy atom. The average Bonchev–Trinajstić information content (AvgIpc) is 2.65. The predicted molar refractivity (Wildman–Crippen MR) is 54.4 cm³/mol. The van der Waals surface area contributed by atoms with Crippen LogP contribution in [0, 0.1) is 0 Å². The fourth-order valence-corrected chi connectivity index (χ4v) is 1.58. The second kappa shape index (κ2) is 3.79. The number of nitrogens with one attached hydrogen (secondary N) is 1. The van der Waals surface area contributed by atoms with E-state index in [0.717, 1.165) is 24.6 Å². The summed E-state index contributed by atoms with van der Waals surface area (Å²) in [5, 5.41) is 20.3. The maximum absolute atomic E-state index is 9.36. The largest absolute Gasteiger partial charge is 0.391 e. The van der Waals surface area contributed by atoms with Crippen molar-refractivity contribution < 1.29 is 5.11 Å². The van der Waals surface area contributed by atoms with Crippen molar-refractivity contribution >= 4 is 11.6 Å². The van der Waals surface area contributed by atoms with Crippen LogP contribution in [-0.2, 0) is 0 Å². The van der Waals surface area contributed by atoms with Gasteiger partial charge in [-0.25, -0.2) is 0 Å². The molecule has 1 aromatic heterocycles. The molecule has 0 unspecified atom stereocenters. The van der Waals surface area contributed by atoms with Crippen LogP contribution < -0.4 is 10.2 Å². The second-order valence-corrected chi connectivity index (χ2v) is 3.42. The van der Waals surface area contributed by atoms with Gasteiger partial charge in [0.05, 0.1) is 6.10 Å². The maximum Gasteiger partial charge on any atom is 0.151 e. The Kier molecular flexibility index (Phi) is 2.49. The Balaban J connectivity index is 2.09. The maximum atomic E-state index is 9.36. The number of aromatic nitrogens is 2. The number of anilines is 2. The van der Waals surface area contributed by atoms with Gasteiger partial charge in [0.2, 0.25) is 0 Å². The van der Waals surface area contributed by atoms with Gasteiger partial charge in [-0.3, -0.25) is 0 Å². The molecule has 5 nitrogen and oxygen atoms in total. The summed E-state index contributed by atoms with van der Waals surface area (Å²) in [6.45, 7) is 1.52. The van der Waals surface area contributed by atoms with Gasteiger partial charge in [-0.1, -0.05) is 0 Å². The van der Waals surface area contributed by atoms with Crippen molar-refractivity contribution in [3.8, 4) is 0 Å². The summed E-state index contributed by atoms with van der Waals surface area (Å²) < 4.78 is 0. The molecule has 0 aliphatic carbocycles. The van der Waals surface area contributed by atoms with Gasteiger partial charge < -0.3 is 15.3 Å². The molecule has 76 valence electrons. The number of β-amino-alcohol motifs (C(OH)–C–C–N with tert-alkyl or cyclic N) is 1. The van der Waals surface area contributed by atoms with E-state index in [-0.39, 0.29) is 6.10 Å². The van der Waals surface area contributed by atoms with E-state index in [4.69, 9.17) is 0 Å². The highest BCUT2D eigenvalue weighted by atomic mass is 16.3. The third kappa shape index (κ3) is 1.77. The number of aliphatic hydroxyl groups is 1. The highest BCUT2D eigenvalue weighted by Gasteiger charge is 2.21. The van der Waals surface area contributed by atoms with Gasteiger partial charge in [0.15, 0.2) is 5.82 Å². The summed E-state index contributed by atoms with van der Waals surface area (Å²) in [6, 6.07) is 3.80. The van der Waals surface area contributed by atoms with Crippen LogP contribution in [0.3, 0.4) is 0 Å². The van der Waals surface area contributed by atoms with Gasteiger partial charge in [-0.15, -0.1) is 10.2 Å². The van der Waals surface area contributed by atoms with Crippen molar-refractivity contribution in [3.05, 3.63) is 12.1 Å². The van der Waals surface area contributed by atoms with Crippen LogP contribution in [0.1, 0.15) is 6.42 Å². The Morgan fingerprint density at radius 2 is 2.36 bits per heavy atom. The number of nitrogens with zero attached hydrogens (tertiary/aromatic N) is 3. The molecule has 0 bridgehead atoms. The molecule has 1 saturated heterocycles. The summed E-state index contributed by atoms with van der Waals surface area (Å²) >= 11 is 0. The summed E-state index contributed by atoms with van der Waals surface area (Å²) in [7, 11) is 1.81. The van der Waals surface area contributed by atoms with E-state index in [9.17, 15) is 5.11 Å². The minimum absolute atomic E-state index is 0.222. The molecule has 0 amide bonds. The van der Waals surface area contributed by atoms with Crippen LogP contribution in [0.25, 0.3) is 0 Å². The molecule has 1 aliphatic heterocycles. The fourth-order valence-electron chi connectivity index (χ4n) is 1.58. The Morgan fingerprint density at radius 3 is 2.86 bits per heavy atom. The predicted octanol–water partition coefficient (Wildman–Crippen LogP) is 0.0893. The van der Waals surface area contributed by atoms with Crippen molar-refractivity contribution in [1.82, 2.24) is 10.2 Å². The Bertz CT molecular complexity index is 300. The Hall–Kier alpha value is -1.36. The van der Waals surface area contributed by atoms with Crippen LogP contribution in [0.2, 0.25) is 0 Å². The number of aliphatic hydroxyl groups excluding tert-OH is 1. The molecule has 0 spiro atoms. The highest BCUT2D eigenvalue weighted by molar-refractivity contribution is 5.43. The second-order valence-electron chi connectivity index (χ2n) is 3.42. The van der Waals surface area contributed by atoms with Crippen LogP contribution in [-0.4, -0.2) is 41.5 Å². The van der Waals surface area contributed by atoms with Crippen LogP contribution in [0.15, 0.2) is 12.1 Å². The molecule has 1 aliphatic rings. The zero-order valence-electron chi connectivity index (χ0n) is 8.14. The lowest BCUT2D eigenvalue weighted by atomic mass is 10.3. The molecule has 0 radical (unpaired) electrons. The van der Waals surface area contributed by atoms with Crippen LogP contribution in [0.5, 0.6) is 0 Å². The summed E-state index contributed by atoms with van der Waals surface area (Å²) in [5.74, 6) is 1.59. The van der Waals surface area contributed by atoms with E-state index in [2.05, 4.69) is 15.5 Å². The van der Waals surface area contributed by atoms with E-state index in [1.54, 1.807) is 0 Å². The van der Waals surface area contributed by atoms with Crippen LogP contribution >= 0.6 is 0 Å². The van der Waals surface area contributed by atoms with Gasteiger partial charge in [-0.05, 0) is 18.6 Å². The van der Waals surface area contributed by atoms with Gasteiger partial charge in [0.1, 0.15) is 5.82 Å². The topological polar surface area (TPSA) is 61.3 Å². The van der Waals surface area contributed by atoms with Gasteiger partial charge in [0.25, 0.3) is 0 Å². The smallest absolute Gasteiger partial charge is 0.151 e. The lowest BCUT2D eigenvalue weighted by Crippen LogP contribution is -2.22. The minimum Gasteiger partial charge on any atom is -0.391 e. The number of hydrogen-bond donors (Lipinski definition) is 2. The van der Waals surface area contributed by atoms with Gasteiger partial charge in [-0.2, -0.15) is 0 Å². The van der Waals surface area contributed by atoms with E-state index in [1.165, 1.54) is 0 Å². The standard InChI is InChI=1S/C9H14N4O/c1-10-8-2-3-9(12-11-8)13-5-4-7(14)6-13/h2-3,7,14H,4-6H2,1H3,(H,10,11)/t7-/m0/s1. The minimum atomic E-state index is -0.222. The molecule has 2 rings (SSSR count). The fraction of sp³-hybridized carbons (Fsp3) is 0.556. The molecular weight excluding hydrogens is 180 g/mol. The molecular formula is C9H14N4O. The molecule has 5 heteroatoms. The third-order valence-corrected chi connectivity index (χ3v) is 2.39. The normalized spacial score (nSPS) is 21.3. The zero-order chi connectivity index (χ0) is 9.97. The first kappa shape index (κ1) is 9.21. The molecule has 0 saturated carbocycles. The van der Waals surface area contributed by atoms with Gasteiger partial charge in [0, 0.05) is 20.1 Å². The molecule has 2 N–H and O–H groups in total. The van der Waals surface area contributed by atoms with E-state index >= 15 is 0 Å². The number of hydrogen-bond acceptors (Lipinski definition) is 5. The first-order valence-corrected chi connectivity index (χ1v) is 4.74. The summed E-state index contributed by atoms with van der Waals surface area (Å²) in [4.78, 5) is 2.04. The summed E-state index contributed by atoms with van der Waals surface area (Å²) in [6.07, 6.45) is 0.593. The molecule has 1 atom stereocenters. The zero-order valence-corrected chi connectivity index (χ0v) is 8.14. The number of rotatable bonds is 2. The molecule has 0 aromatic carbocycles. The van der Waals surface area contributed by atoms with Crippen molar-refractivity contribution in [2.45, 2.75) is 12.5 Å². The monoisotopic (exact) mass is 194 g/mol. The third-order valence-electron chi connectivity index (χ3n) is 2.39. The average molecular weight is 194 g/mol. The molecule has 2 heterocycles. The van der Waals surface area contributed by atoms with E-state index in [1.807, 2.05) is 24.1 Å². The summed E-state index contributed by atoms with van der Waals surface area (Å²) in [5.41, 5.74) is 0. The van der Waals surface area contributed by atoms with Crippen LogP contribution in [0.4, 0.5) is 11.6 Å². The van der Waals surface area contributed by atoms with E-state index < -0.39 is 0 Å². The first-order valence-electron chi connectivity index (χ1n) is 4.74. The lowest BCUT2D eigenvalue weighted by molar-refractivity contribution is 0.198. The molecule has 1 fully saturated rings. The van der Waals surface area contributed by atoms with E-state index in [0.29, 0.717) is 6.54 Å².